The molecule has 0 bridgehead atoms. The van der Waals surface area contributed by atoms with E-state index in [0.29, 0.717) is 30.2 Å². The molecule has 0 fully saturated rings. The number of imide groups is 1. The second kappa shape index (κ2) is 11.6. The van der Waals surface area contributed by atoms with Crippen LogP contribution in [-0.2, 0) is 31.9 Å². The van der Waals surface area contributed by atoms with Gasteiger partial charge >= 0.3 is 12.1 Å². The molecular weight excluding hydrogens is 440 g/mol. The van der Waals surface area contributed by atoms with E-state index in [9.17, 15) is 14.4 Å². The molecule has 0 saturated heterocycles. The first-order valence-corrected chi connectivity index (χ1v) is 10.6. The highest BCUT2D eigenvalue weighted by molar-refractivity contribution is 6.03. The van der Waals surface area contributed by atoms with Gasteiger partial charge in [0.05, 0.1) is 26.5 Å². The van der Waals surface area contributed by atoms with Crippen LogP contribution in [0.1, 0.15) is 17.0 Å². The number of carbonyl (C=O) groups excluding carboxylic acids is 3. The second-order valence-electron chi connectivity index (χ2n) is 7.39. The highest BCUT2D eigenvalue weighted by Crippen LogP contribution is 2.22. The first-order valence-electron chi connectivity index (χ1n) is 10.6. The number of ether oxygens (including phenoxy) is 3. The zero-order valence-electron chi connectivity index (χ0n) is 19.2. The molecule has 1 heterocycles. The van der Waals surface area contributed by atoms with Gasteiger partial charge in [-0.2, -0.15) is 0 Å². The van der Waals surface area contributed by atoms with Crippen LogP contribution in [0.2, 0.25) is 0 Å². The molecule has 1 unspecified atom stereocenters. The zero-order chi connectivity index (χ0) is 24.5. The van der Waals surface area contributed by atoms with Crippen molar-refractivity contribution in [3.05, 3.63) is 71.6 Å². The van der Waals surface area contributed by atoms with Crippen molar-refractivity contribution in [2.75, 3.05) is 20.8 Å². The Hall–Kier alpha value is -4.14. The third-order valence-corrected chi connectivity index (χ3v) is 5.10. The number of amides is 2. The van der Waals surface area contributed by atoms with Gasteiger partial charge in [-0.3, -0.25) is 14.9 Å². The number of alkyl carbamates (subject to hydrolysis) is 1. The van der Waals surface area contributed by atoms with Gasteiger partial charge in [-0.05, 0) is 43.2 Å². The van der Waals surface area contributed by atoms with E-state index in [-0.39, 0.29) is 6.42 Å². The zero-order valence-corrected chi connectivity index (χ0v) is 19.2. The van der Waals surface area contributed by atoms with Crippen molar-refractivity contribution in [2.24, 2.45) is 5.92 Å². The molecule has 3 rings (SSSR count). The molecule has 9 nitrogen and oxygen atoms in total. The number of aromatic nitrogens is 1. The molecule has 0 spiro atoms. The van der Waals surface area contributed by atoms with Crippen LogP contribution in [0.25, 0.3) is 11.5 Å². The summed E-state index contributed by atoms with van der Waals surface area (Å²) < 4.78 is 20.7. The van der Waals surface area contributed by atoms with Gasteiger partial charge < -0.3 is 18.6 Å². The largest absolute Gasteiger partial charge is 0.493 e. The Morgan fingerprint density at radius 1 is 1.00 bits per heavy atom. The summed E-state index contributed by atoms with van der Waals surface area (Å²) in [7, 11) is 2.30. The summed E-state index contributed by atoms with van der Waals surface area (Å²) in [5, 5.41) is 2.00. The fourth-order valence-corrected chi connectivity index (χ4v) is 3.25. The molecule has 3 aromatic rings. The van der Waals surface area contributed by atoms with Gasteiger partial charge in [-0.15, -0.1) is 0 Å². The van der Waals surface area contributed by atoms with E-state index in [1.54, 1.807) is 24.3 Å². The minimum atomic E-state index is -1.19. The monoisotopic (exact) mass is 466 g/mol. The SMILES string of the molecule is COC(=O)NC(=O)C(Cc1ccc(OCCc2nc(-c3ccccc3)oc2C)cc1)C(=O)OC. The molecular formula is C25H26N2O7. The van der Waals surface area contributed by atoms with Crippen molar-refractivity contribution in [3.8, 4) is 17.2 Å². The number of oxazole rings is 1. The number of nitrogens with one attached hydrogen (secondary N) is 1. The van der Waals surface area contributed by atoms with Crippen LogP contribution in [0.5, 0.6) is 5.75 Å². The van der Waals surface area contributed by atoms with Gasteiger partial charge in [-0.25, -0.2) is 9.78 Å². The number of hydrogen-bond acceptors (Lipinski definition) is 8. The van der Waals surface area contributed by atoms with E-state index < -0.39 is 23.9 Å². The van der Waals surface area contributed by atoms with Crippen LogP contribution < -0.4 is 10.1 Å². The fourth-order valence-electron chi connectivity index (χ4n) is 3.25. The molecule has 1 aromatic heterocycles. The van der Waals surface area contributed by atoms with Crippen LogP contribution in [0.4, 0.5) is 4.79 Å². The Kier molecular flexibility index (Phi) is 8.39. The van der Waals surface area contributed by atoms with Crippen molar-refractivity contribution in [1.82, 2.24) is 10.3 Å². The topological polar surface area (TPSA) is 117 Å². The smallest absolute Gasteiger partial charge is 0.413 e. The average Bonchev–Trinajstić information content (AvgIpc) is 3.23. The lowest BCUT2D eigenvalue weighted by Crippen LogP contribution is -2.40. The summed E-state index contributed by atoms with van der Waals surface area (Å²) in [5.74, 6) is -0.783. The fraction of sp³-hybridized carbons (Fsp3) is 0.280. The molecule has 2 amide bonds. The third kappa shape index (κ3) is 6.44. The highest BCUT2D eigenvalue weighted by atomic mass is 16.5. The third-order valence-electron chi connectivity index (χ3n) is 5.10. The summed E-state index contributed by atoms with van der Waals surface area (Å²) in [6.45, 7) is 2.27. The van der Waals surface area contributed by atoms with E-state index in [1.165, 1.54) is 7.11 Å². The Balaban J connectivity index is 1.56. The Morgan fingerprint density at radius 3 is 2.35 bits per heavy atom. The van der Waals surface area contributed by atoms with E-state index >= 15 is 0 Å². The van der Waals surface area contributed by atoms with E-state index in [1.807, 2.05) is 42.6 Å². The maximum absolute atomic E-state index is 12.2. The van der Waals surface area contributed by atoms with Gasteiger partial charge in [0.25, 0.3) is 0 Å². The van der Waals surface area contributed by atoms with Gasteiger partial charge in [-0.1, -0.05) is 30.3 Å². The van der Waals surface area contributed by atoms with Crippen molar-refractivity contribution in [3.63, 3.8) is 0 Å². The van der Waals surface area contributed by atoms with E-state index in [2.05, 4.69) is 14.5 Å². The summed E-state index contributed by atoms with van der Waals surface area (Å²) >= 11 is 0. The maximum Gasteiger partial charge on any atom is 0.413 e. The number of nitrogens with zero attached hydrogens (tertiary/aromatic N) is 1. The average molecular weight is 466 g/mol. The lowest BCUT2D eigenvalue weighted by molar-refractivity contribution is -0.149. The highest BCUT2D eigenvalue weighted by Gasteiger charge is 2.29. The molecule has 34 heavy (non-hydrogen) atoms. The Bertz CT molecular complexity index is 1120. The first-order chi connectivity index (χ1) is 16.4. The van der Waals surface area contributed by atoms with Gasteiger partial charge in [0, 0.05) is 12.0 Å². The van der Waals surface area contributed by atoms with Crippen molar-refractivity contribution < 1.29 is 33.0 Å². The number of carbonyl (C=O) groups is 3. The van der Waals surface area contributed by atoms with Gasteiger partial charge in [0.15, 0.2) is 0 Å². The molecule has 0 radical (unpaired) electrons. The standard InChI is InChI=1S/C25H26N2O7/c1-16-21(26-23(34-16)18-7-5-4-6-8-18)13-14-33-19-11-9-17(10-12-19)15-20(24(29)31-2)22(28)27-25(30)32-3/h4-12,20H,13-15H2,1-3H3,(H,27,28,30). The van der Waals surface area contributed by atoms with Crippen LogP contribution in [0.3, 0.4) is 0 Å². The van der Waals surface area contributed by atoms with Crippen molar-refractivity contribution >= 4 is 18.0 Å². The predicted octanol–water partition coefficient (Wildman–Crippen LogP) is 3.49. The number of esters is 1. The molecule has 1 atom stereocenters. The summed E-state index contributed by atoms with van der Waals surface area (Å²) in [6, 6.07) is 16.7. The number of rotatable bonds is 9. The number of hydrogen-bond donors (Lipinski definition) is 1. The first kappa shape index (κ1) is 24.5. The van der Waals surface area contributed by atoms with Gasteiger partial charge in [0.1, 0.15) is 17.4 Å². The molecule has 0 aliphatic rings. The molecule has 0 aliphatic carbocycles. The van der Waals surface area contributed by atoms with Gasteiger partial charge in [0.2, 0.25) is 11.8 Å². The maximum atomic E-state index is 12.2. The minimum absolute atomic E-state index is 0.0518. The van der Waals surface area contributed by atoms with E-state index in [0.717, 1.165) is 24.1 Å². The van der Waals surface area contributed by atoms with Crippen LogP contribution in [-0.4, -0.2) is 43.8 Å². The Morgan fingerprint density at radius 2 is 1.71 bits per heavy atom. The van der Waals surface area contributed by atoms with Crippen LogP contribution in [0.15, 0.2) is 59.0 Å². The molecule has 1 N–H and O–H groups in total. The molecule has 0 saturated carbocycles. The summed E-state index contributed by atoms with van der Waals surface area (Å²) in [6.07, 6.45) is -0.320. The summed E-state index contributed by atoms with van der Waals surface area (Å²) in [4.78, 5) is 40.1. The van der Waals surface area contributed by atoms with E-state index in [4.69, 9.17) is 9.15 Å². The molecule has 2 aromatic carbocycles. The van der Waals surface area contributed by atoms with Crippen molar-refractivity contribution in [1.29, 1.82) is 0 Å². The molecule has 178 valence electrons. The number of aryl methyl sites for hydroxylation is 1. The van der Waals surface area contributed by atoms with Crippen LogP contribution >= 0.6 is 0 Å². The predicted molar refractivity (Wildman–Crippen MR) is 122 cm³/mol. The lowest BCUT2D eigenvalue weighted by atomic mass is 9.98. The summed E-state index contributed by atoms with van der Waals surface area (Å²) in [5.41, 5.74) is 2.44. The Labute approximate surface area is 197 Å². The minimum Gasteiger partial charge on any atom is -0.493 e. The second-order valence-corrected chi connectivity index (χ2v) is 7.39. The van der Waals surface area contributed by atoms with Crippen molar-refractivity contribution in [2.45, 2.75) is 19.8 Å². The lowest BCUT2D eigenvalue weighted by Gasteiger charge is -2.14. The molecule has 0 aliphatic heterocycles. The normalized spacial score (nSPS) is 11.4. The number of methoxy groups -OCH3 is 2. The quantitative estimate of drug-likeness (QED) is 0.376. The van der Waals surface area contributed by atoms with Crippen LogP contribution in [0, 0.1) is 12.8 Å². The molecule has 9 heteroatoms. The number of benzene rings is 2.